The van der Waals surface area contributed by atoms with Crippen LogP contribution in [0.4, 0.5) is 10.1 Å². The summed E-state index contributed by atoms with van der Waals surface area (Å²) in [5, 5.41) is 0. The van der Waals surface area contributed by atoms with Gasteiger partial charge < -0.3 is 14.7 Å². The first-order valence-corrected chi connectivity index (χ1v) is 11.3. The van der Waals surface area contributed by atoms with Crippen molar-refractivity contribution in [3.63, 3.8) is 0 Å². The predicted molar refractivity (Wildman–Crippen MR) is 118 cm³/mol. The number of anilines is 1. The third-order valence-corrected chi connectivity index (χ3v) is 6.87. The summed E-state index contributed by atoms with van der Waals surface area (Å²) in [5.41, 5.74) is 2.47. The van der Waals surface area contributed by atoms with Gasteiger partial charge in [0.25, 0.3) is 5.91 Å². The van der Waals surface area contributed by atoms with Crippen LogP contribution in [0.2, 0.25) is 0 Å². The highest BCUT2D eigenvalue weighted by Gasteiger charge is 2.33. The number of quaternary nitrogens is 1. The number of nitrogens with one attached hydrogen (secondary N) is 1. The van der Waals surface area contributed by atoms with Crippen molar-refractivity contribution in [2.45, 2.75) is 32.2 Å². The Kier molecular flexibility index (Phi) is 6.68. The minimum atomic E-state index is -0.199. The zero-order chi connectivity index (χ0) is 20.9. The number of likely N-dealkylation sites (tertiary alicyclic amines) is 1. The van der Waals surface area contributed by atoms with Gasteiger partial charge in [-0.05, 0) is 61.9 Å². The summed E-state index contributed by atoms with van der Waals surface area (Å²) in [6.45, 7) is 7.53. The van der Waals surface area contributed by atoms with Gasteiger partial charge in [0.05, 0.1) is 26.2 Å². The molecule has 0 aliphatic carbocycles. The lowest BCUT2D eigenvalue weighted by molar-refractivity contribution is -0.915. The molecule has 1 atom stereocenters. The lowest BCUT2D eigenvalue weighted by Crippen LogP contribution is -3.19. The topological polar surface area (TPSA) is 28.0 Å². The van der Waals surface area contributed by atoms with Gasteiger partial charge in [-0.3, -0.25) is 4.79 Å². The van der Waals surface area contributed by atoms with Gasteiger partial charge in [0.15, 0.2) is 6.04 Å². The number of carbonyl (C=O) groups is 1. The number of amides is 1. The summed E-state index contributed by atoms with van der Waals surface area (Å²) in [6.07, 6.45) is 3.32. The first-order valence-electron chi connectivity index (χ1n) is 11.3. The normalized spacial score (nSPS) is 19.7. The van der Waals surface area contributed by atoms with Crippen molar-refractivity contribution in [2.24, 2.45) is 5.92 Å². The van der Waals surface area contributed by atoms with Crippen molar-refractivity contribution < 1.29 is 14.1 Å². The first kappa shape index (κ1) is 20.9. The van der Waals surface area contributed by atoms with Gasteiger partial charge >= 0.3 is 0 Å². The highest BCUT2D eigenvalue weighted by Crippen LogP contribution is 2.22. The third kappa shape index (κ3) is 5.01. The minimum absolute atomic E-state index is 0.00559. The molecule has 0 aromatic heterocycles. The zero-order valence-electron chi connectivity index (χ0n) is 17.9. The average molecular weight is 411 g/mol. The molecule has 4 nitrogen and oxygen atoms in total. The molecule has 30 heavy (non-hydrogen) atoms. The first-order chi connectivity index (χ1) is 14.6. The van der Waals surface area contributed by atoms with Crippen LogP contribution < -0.4 is 9.80 Å². The van der Waals surface area contributed by atoms with Gasteiger partial charge in [-0.25, -0.2) is 4.39 Å². The number of carbonyl (C=O) groups excluding carboxylic acids is 1. The van der Waals surface area contributed by atoms with Crippen LogP contribution in [0.5, 0.6) is 0 Å². The van der Waals surface area contributed by atoms with Crippen molar-refractivity contribution in [1.29, 1.82) is 0 Å². The standard InChI is InChI=1S/C25H32FN3O/c1-20(27-15-17-28(18-16-27)24-9-7-23(26)8-10-24)25(30)29-13-11-22(12-14-29)19-21-5-3-2-4-6-21/h2-10,20,22H,11-19H2,1H3/p+1/t20-/m0/s1. The number of halogens is 1. The molecule has 5 heteroatoms. The quantitative estimate of drug-likeness (QED) is 0.820. The molecule has 0 bridgehead atoms. The molecule has 2 saturated heterocycles. The molecule has 2 aliphatic heterocycles. The number of rotatable bonds is 5. The van der Waals surface area contributed by atoms with Gasteiger partial charge in [0.1, 0.15) is 5.82 Å². The van der Waals surface area contributed by atoms with Gasteiger partial charge in [-0.2, -0.15) is 0 Å². The summed E-state index contributed by atoms with van der Waals surface area (Å²) < 4.78 is 13.2. The second kappa shape index (κ2) is 9.61. The molecule has 0 unspecified atom stereocenters. The fourth-order valence-corrected chi connectivity index (χ4v) is 4.89. The molecule has 2 aromatic rings. The molecule has 2 heterocycles. The smallest absolute Gasteiger partial charge is 0.280 e. The second-order valence-electron chi connectivity index (χ2n) is 8.80. The van der Waals surface area contributed by atoms with Crippen molar-refractivity contribution in [1.82, 2.24) is 4.90 Å². The van der Waals surface area contributed by atoms with Crippen LogP contribution in [0.25, 0.3) is 0 Å². The fraction of sp³-hybridized carbons (Fsp3) is 0.480. The van der Waals surface area contributed by atoms with E-state index < -0.39 is 0 Å². The highest BCUT2D eigenvalue weighted by molar-refractivity contribution is 5.80. The third-order valence-electron chi connectivity index (χ3n) is 6.87. The Morgan fingerprint density at radius 3 is 2.27 bits per heavy atom. The van der Waals surface area contributed by atoms with E-state index in [-0.39, 0.29) is 11.9 Å². The van der Waals surface area contributed by atoms with E-state index in [0.717, 1.165) is 64.2 Å². The van der Waals surface area contributed by atoms with Crippen LogP contribution in [0.1, 0.15) is 25.3 Å². The van der Waals surface area contributed by atoms with Crippen molar-refractivity contribution in [2.75, 3.05) is 44.2 Å². The molecule has 0 spiro atoms. The zero-order valence-corrected chi connectivity index (χ0v) is 17.9. The molecule has 1 amide bonds. The van der Waals surface area contributed by atoms with Crippen LogP contribution in [0.3, 0.4) is 0 Å². The Bertz CT molecular complexity index is 810. The summed E-state index contributed by atoms with van der Waals surface area (Å²) in [6, 6.07) is 17.4. The largest absolute Gasteiger partial charge is 0.360 e. The highest BCUT2D eigenvalue weighted by atomic mass is 19.1. The van der Waals surface area contributed by atoms with E-state index in [4.69, 9.17) is 0 Å². The molecule has 4 rings (SSSR count). The molecule has 2 aliphatic rings. The summed E-state index contributed by atoms with van der Waals surface area (Å²) >= 11 is 0. The average Bonchev–Trinajstić information content (AvgIpc) is 2.80. The molecule has 0 saturated carbocycles. The molecule has 2 aromatic carbocycles. The monoisotopic (exact) mass is 410 g/mol. The maximum atomic E-state index is 13.2. The van der Waals surface area contributed by atoms with Crippen LogP contribution in [-0.2, 0) is 11.2 Å². The van der Waals surface area contributed by atoms with E-state index in [1.807, 2.05) is 12.1 Å². The molecule has 2 fully saturated rings. The molecule has 160 valence electrons. The van der Waals surface area contributed by atoms with Crippen LogP contribution >= 0.6 is 0 Å². The summed E-state index contributed by atoms with van der Waals surface area (Å²) in [5.74, 6) is 0.784. The van der Waals surface area contributed by atoms with Crippen LogP contribution in [0.15, 0.2) is 54.6 Å². The van der Waals surface area contributed by atoms with E-state index in [0.29, 0.717) is 11.8 Å². The Morgan fingerprint density at radius 2 is 1.63 bits per heavy atom. The number of piperazine rings is 1. The Balaban J connectivity index is 1.24. The molecule has 0 radical (unpaired) electrons. The van der Waals surface area contributed by atoms with Gasteiger partial charge in [-0.15, -0.1) is 0 Å². The van der Waals surface area contributed by atoms with E-state index in [9.17, 15) is 9.18 Å². The van der Waals surface area contributed by atoms with E-state index >= 15 is 0 Å². The maximum absolute atomic E-state index is 13.2. The lowest BCUT2D eigenvalue weighted by Gasteiger charge is -2.39. The van der Waals surface area contributed by atoms with Crippen LogP contribution in [0, 0.1) is 11.7 Å². The summed E-state index contributed by atoms with van der Waals surface area (Å²) in [4.78, 5) is 18.8. The van der Waals surface area contributed by atoms with Crippen molar-refractivity contribution in [3.05, 3.63) is 66.0 Å². The number of hydrogen-bond acceptors (Lipinski definition) is 2. The molecular formula is C25H33FN3O+. The van der Waals surface area contributed by atoms with Gasteiger partial charge in [-0.1, -0.05) is 30.3 Å². The van der Waals surface area contributed by atoms with Crippen molar-refractivity contribution >= 4 is 11.6 Å². The second-order valence-corrected chi connectivity index (χ2v) is 8.80. The molecular weight excluding hydrogens is 377 g/mol. The predicted octanol–water partition coefficient (Wildman–Crippen LogP) is 2.40. The molecule has 1 N–H and O–H groups in total. The van der Waals surface area contributed by atoms with E-state index in [1.54, 1.807) is 0 Å². The number of hydrogen-bond donors (Lipinski definition) is 1. The minimum Gasteiger partial charge on any atom is -0.360 e. The van der Waals surface area contributed by atoms with E-state index in [2.05, 4.69) is 47.1 Å². The van der Waals surface area contributed by atoms with Crippen molar-refractivity contribution in [3.8, 4) is 0 Å². The lowest BCUT2D eigenvalue weighted by atomic mass is 9.90. The fourth-order valence-electron chi connectivity index (χ4n) is 4.89. The Labute approximate surface area is 179 Å². The Morgan fingerprint density at radius 1 is 1.00 bits per heavy atom. The Hall–Kier alpha value is -2.40. The van der Waals surface area contributed by atoms with Crippen LogP contribution in [-0.4, -0.2) is 56.1 Å². The SMILES string of the molecule is C[C@@H](C(=O)N1CCC(Cc2ccccc2)CC1)[NH+]1CCN(c2ccc(F)cc2)CC1. The number of nitrogens with zero attached hydrogens (tertiary/aromatic N) is 2. The number of benzene rings is 2. The summed E-state index contributed by atoms with van der Waals surface area (Å²) in [7, 11) is 0. The number of piperidine rings is 1. The van der Waals surface area contributed by atoms with E-state index in [1.165, 1.54) is 22.6 Å². The van der Waals surface area contributed by atoms with Gasteiger partial charge in [0, 0.05) is 18.8 Å². The van der Waals surface area contributed by atoms with Gasteiger partial charge in [0.2, 0.25) is 0 Å². The maximum Gasteiger partial charge on any atom is 0.280 e.